The molecule has 6 nitrogen and oxygen atoms in total. The van der Waals surface area contributed by atoms with Gasteiger partial charge in [0, 0.05) is 12.3 Å². The molecule has 9 heteroatoms. The molecule has 1 N–H and O–H groups in total. The summed E-state index contributed by atoms with van der Waals surface area (Å²) in [5.41, 5.74) is 1.15. The maximum Gasteiger partial charge on any atom is 0.310 e. The average molecular weight is 408 g/mol. The first-order valence-electron chi connectivity index (χ1n) is 7.82. The third-order valence-electron chi connectivity index (χ3n) is 3.22. The van der Waals surface area contributed by atoms with E-state index >= 15 is 0 Å². The van der Waals surface area contributed by atoms with Gasteiger partial charge in [0.05, 0.1) is 5.75 Å². The Hall–Kier alpha value is -2.10. The lowest BCUT2D eigenvalue weighted by atomic mass is 10.2. The molecule has 1 heterocycles. The number of hydrogen-bond acceptors (Lipinski definition) is 8. The van der Waals surface area contributed by atoms with Crippen molar-refractivity contribution in [2.24, 2.45) is 0 Å². The summed E-state index contributed by atoms with van der Waals surface area (Å²) in [6.45, 7) is 0.666. The highest BCUT2D eigenvalue weighted by molar-refractivity contribution is 8.01. The molecule has 26 heavy (non-hydrogen) atoms. The maximum atomic E-state index is 12.0. The first-order valence-corrected chi connectivity index (χ1v) is 11.2. The van der Waals surface area contributed by atoms with Gasteiger partial charge in [0.1, 0.15) is 5.75 Å². The van der Waals surface area contributed by atoms with Crippen LogP contribution in [-0.4, -0.2) is 30.1 Å². The highest BCUT2D eigenvalue weighted by atomic mass is 32.2. The Balaban J connectivity index is 1.44. The van der Waals surface area contributed by atoms with Crippen LogP contribution in [0, 0.1) is 0 Å². The van der Waals surface area contributed by atoms with Crippen LogP contribution in [0.4, 0.5) is 5.13 Å². The minimum atomic E-state index is -3.62. The fraction of sp³-hybridized carbons (Fsp3) is 0.176. The van der Waals surface area contributed by atoms with Gasteiger partial charge in [0.15, 0.2) is 4.34 Å². The number of thioether (sulfide) groups is 1. The van der Waals surface area contributed by atoms with Gasteiger partial charge in [-0.3, -0.25) is 0 Å². The molecule has 136 valence electrons. The van der Waals surface area contributed by atoms with Crippen molar-refractivity contribution < 1.29 is 12.6 Å². The van der Waals surface area contributed by atoms with Gasteiger partial charge in [-0.15, -0.1) is 10.2 Å². The lowest BCUT2D eigenvalue weighted by molar-refractivity contribution is 0.488. The molecule has 3 aromatic rings. The van der Waals surface area contributed by atoms with Crippen molar-refractivity contribution in [3.8, 4) is 5.75 Å². The summed E-state index contributed by atoms with van der Waals surface area (Å²) in [6.07, 6.45) is 0. The van der Waals surface area contributed by atoms with Crippen LogP contribution in [0.25, 0.3) is 0 Å². The van der Waals surface area contributed by atoms with E-state index in [1.165, 1.54) is 23.1 Å². The Labute approximate surface area is 160 Å². The van der Waals surface area contributed by atoms with Gasteiger partial charge >= 0.3 is 10.1 Å². The van der Waals surface area contributed by atoms with Crippen molar-refractivity contribution in [3.63, 3.8) is 0 Å². The molecule has 0 radical (unpaired) electrons. The first kappa shape index (κ1) is 18.7. The molecule has 0 saturated carbocycles. The molecular formula is C17H17N3O3S3. The molecule has 0 atom stereocenters. The van der Waals surface area contributed by atoms with E-state index in [1.54, 1.807) is 30.3 Å². The van der Waals surface area contributed by atoms with Crippen LogP contribution in [0.1, 0.15) is 5.56 Å². The molecule has 0 aliphatic carbocycles. The molecule has 1 aromatic heterocycles. The molecule has 0 aliphatic heterocycles. The molecule has 0 aliphatic rings. The lowest BCUT2D eigenvalue weighted by Gasteiger charge is -2.05. The number of rotatable bonds is 9. The summed E-state index contributed by atoms with van der Waals surface area (Å²) in [4.78, 5) is 0. The number of nitrogens with one attached hydrogen (secondary N) is 1. The van der Waals surface area contributed by atoms with E-state index in [0.717, 1.165) is 9.90 Å². The van der Waals surface area contributed by atoms with E-state index in [4.69, 9.17) is 4.18 Å². The van der Waals surface area contributed by atoms with E-state index in [9.17, 15) is 8.42 Å². The highest BCUT2D eigenvalue weighted by Crippen LogP contribution is 2.26. The second-order valence-corrected chi connectivity index (χ2v) is 9.23. The van der Waals surface area contributed by atoms with Crippen molar-refractivity contribution in [2.75, 3.05) is 16.8 Å². The zero-order valence-corrected chi connectivity index (χ0v) is 16.2. The molecule has 3 rings (SSSR count). The van der Waals surface area contributed by atoms with Crippen LogP contribution < -0.4 is 9.50 Å². The zero-order valence-electron chi connectivity index (χ0n) is 13.7. The van der Waals surface area contributed by atoms with Gasteiger partial charge < -0.3 is 9.50 Å². The van der Waals surface area contributed by atoms with Gasteiger partial charge in [-0.25, -0.2) is 0 Å². The Bertz CT molecular complexity index is 916. The van der Waals surface area contributed by atoms with Crippen molar-refractivity contribution >= 4 is 38.3 Å². The van der Waals surface area contributed by atoms with E-state index in [-0.39, 0.29) is 5.75 Å². The van der Waals surface area contributed by atoms with E-state index in [2.05, 4.69) is 15.5 Å². The van der Waals surface area contributed by atoms with Gasteiger partial charge in [-0.05, 0) is 17.7 Å². The molecule has 0 fully saturated rings. The van der Waals surface area contributed by atoms with Crippen molar-refractivity contribution in [1.82, 2.24) is 10.2 Å². The van der Waals surface area contributed by atoms with Crippen LogP contribution >= 0.6 is 23.1 Å². The number of aromatic nitrogens is 2. The third kappa shape index (κ3) is 6.01. The molecule has 0 unspecified atom stereocenters. The van der Waals surface area contributed by atoms with Crippen molar-refractivity contribution in [2.45, 2.75) is 10.9 Å². The summed E-state index contributed by atoms with van der Waals surface area (Å²) in [5.74, 6) is 0.572. The van der Waals surface area contributed by atoms with Crippen LogP contribution in [0.15, 0.2) is 65.0 Å². The minimum absolute atomic E-state index is 0.0983. The Morgan fingerprint density at radius 2 is 1.69 bits per heavy atom. The number of para-hydroxylation sites is 1. The predicted octanol–water partition coefficient (Wildman–Crippen LogP) is 3.65. The molecule has 2 aromatic carbocycles. The fourth-order valence-corrected chi connectivity index (χ4v) is 5.11. The van der Waals surface area contributed by atoms with Crippen molar-refractivity contribution in [3.05, 3.63) is 66.2 Å². The van der Waals surface area contributed by atoms with Crippen molar-refractivity contribution in [1.29, 1.82) is 0 Å². The van der Waals surface area contributed by atoms with Crippen LogP contribution in [0.2, 0.25) is 0 Å². The molecule has 0 bridgehead atoms. The smallest absolute Gasteiger partial charge is 0.310 e. The van der Waals surface area contributed by atoms with Gasteiger partial charge in [-0.1, -0.05) is 71.6 Å². The second kappa shape index (κ2) is 9.02. The summed E-state index contributed by atoms with van der Waals surface area (Å²) in [6, 6.07) is 18.5. The standard InChI is InChI=1S/C17H17N3O3S3/c21-26(22,23-15-9-5-2-6-10-15)12-11-24-17-20-19-16(25-17)18-13-14-7-3-1-4-8-14/h1-10H,11-13H2,(H,18,19). The third-order valence-corrected chi connectivity index (χ3v) is 6.64. The number of nitrogens with zero attached hydrogens (tertiary/aromatic N) is 2. The minimum Gasteiger partial charge on any atom is -0.382 e. The monoisotopic (exact) mass is 407 g/mol. The largest absolute Gasteiger partial charge is 0.382 e. The molecule has 0 amide bonds. The quantitative estimate of drug-likeness (QED) is 0.428. The molecule has 0 saturated heterocycles. The van der Waals surface area contributed by atoms with E-state index in [1.807, 2.05) is 30.3 Å². The Morgan fingerprint density at radius 3 is 2.42 bits per heavy atom. The Kier molecular flexibility index (Phi) is 6.48. The lowest BCUT2D eigenvalue weighted by Crippen LogP contribution is -2.15. The van der Waals surface area contributed by atoms with Crippen LogP contribution in [0.5, 0.6) is 5.75 Å². The Morgan fingerprint density at radius 1 is 1.00 bits per heavy atom. The maximum absolute atomic E-state index is 12.0. The van der Waals surface area contributed by atoms with Gasteiger partial charge in [0.2, 0.25) is 5.13 Å². The van der Waals surface area contributed by atoms with Gasteiger partial charge in [0.25, 0.3) is 0 Å². The summed E-state index contributed by atoms with van der Waals surface area (Å²) in [5, 5.41) is 12.1. The second-order valence-electron chi connectivity index (χ2n) is 5.22. The molecule has 0 spiro atoms. The fourth-order valence-electron chi connectivity index (χ4n) is 2.01. The first-order chi connectivity index (χ1) is 12.6. The SMILES string of the molecule is O=S(=O)(CCSc1nnc(NCc2ccccc2)s1)Oc1ccccc1. The normalized spacial score (nSPS) is 11.2. The topological polar surface area (TPSA) is 81.2 Å². The van der Waals surface area contributed by atoms with Crippen LogP contribution in [-0.2, 0) is 16.7 Å². The predicted molar refractivity (Wildman–Crippen MR) is 105 cm³/mol. The summed E-state index contributed by atoms with van der Waals surface area (Å²) in [7, 11) is -3.62. The zero-order chi connectivity index (χ0) is 18.2. The number of hydrogen-bond donors (Lipinski definition) is 1. The number of anilines is 1. The van der Waals surface area contributed by atoms with Crippen LogP contribution in [0.3, 0.4) is 0 Å². The number of benzene rings is 2. The summed E-state index contributed by atoms with van der Waals surface area (Å²) < 4.78 is 29.7. The average Bonchev–Trinajstić information content (AvgIpc) is 3.09. The van der Waals surface area contributed by atoms with E-state index < -0.39 is 10.1 Å². The summed E-state index contributed by atoms with van der Waals surface area (Å²) >= 11 is 2.75. The van der Waals surface area contributed by atoms with Gasteiger partial charge in [-0.2, -0.15) is 8.42 Å². The molecular weight excluding hydrogens is 390 g/mol. The highest BCUT2D eigenvalue weighted by Gasteiger charge is 2.14. The van der Waals surface area contributed by atoms with E-state index in [0.29, 0.717) is 23.2 Å².